The molecule has 0 aliphatic rings. The SMILES string of the molecule is CCCS(=O)(=O)Nc1cccc(C(=O)Nc2ccc(C(F)(F)F)cc2)c1. The maximum atomic E-state index is 12.5. The second-order valence-electron chi connectivity index (χ2n) is 5.53. The minimum absolute atomic E-state index is 0.0466. The van der Waals surface area contributed by atoms with Gasteiger partial charge in [0, 0.05) is 16.9 Å². The number of benzene rings is 2. The maximum Gasteiger partial charge on any atom is 0.416 e. The minimum Gasteiger partial charge on any atom is -0.322 e. The molecule has 5 nitrogen and oxygen atoms in total. The van der Waals surface area contributed by atoms with E-state index < -0.39 is 27.7 Å². The number of carbonyl (C=O) groups excluding carboxylic acids is 1. The lowest BCUT2D eigenvalue weighted by Crippen LogP contribution is -2.17. The Bertz CT molecular complexity index is 879. The summed E-state index contributed by atoms with van der Waals surface area (Å²) in [6, 6.07) is 9.86. The van der Waals surface area contributed by atoms with Crippen LogP contribution in [0.5, 0.6) is 0 Å². The molecule has 2 N–H and O–H groups in total. The molecule has 0 saturated heterocycles. The van der Waals surface area contributed by atoms with Crippen LogP contribution in [0.4, 0.5) is 24.5 Å². The van der Waals surface area contributed by atoms with Crippen molar-refractivity contribution in [1.29, 1.82) is 0 Å². The topological polar surface area (TPSA) is 75.3 Å². The van der Waals surface area contributed by atoms with Crippen LogP contribution in [0.25, 0.3) is 0 Å². The normalized spacial score (nSPS) is 11.8. The van der Waals surface area contributed by atoms with Crippen molar-refractivity contribution in [2.75, 3.05) is 15.8 Å². The number of alkyl halides is 3. The fourth-order valence-corrected chi connectivity index (χ4v) is 3.29. The Kier molecular flexibility index (Phi) is 5.91. The van der Waals surface area contributed by atoms with Gasteiger partial charge in [-0.3, -0.25) is 9.52 Å². The van der Waals surface area contributed by atoms with Crippen LogP contribution < -0.4 is 10.0 Å². The van der Waals surface area contributed by atoms with E-state index in [0.29, 0.717) is 6.42 Å². The van der Waals surface area contributed by atoms with Crippen molar-refractivity contribution in [3.8, 4) is 0 Å². The molecule has 0 radical (unpaired) electrons. The van der Waals surface area contributed by atoms with Crippen LogP contribution in [0.2, 0.25) is 0 Å². The van der Waals surface area contributed by atoms with Crippen LogP contribution in [0, 0.1) is 0 Å². The molecule has 2 aromatic rings. The third kappa shape index (κ3) is 5.48. The molecular weight excluding hydrogens is 369 g/mol. The average Bonchev–Trinajstić information content (AvgIpc) is 2.54. The molecule has 0 bridgehead atoms. The fourth-order valence-electron chi connectivity index (χ4n) is 2.17. The monoisotopic (exact) mass is 386 g/mol. The van der Waals surface area contributed by atoms with E-state index in [4.69, 9.17) is 0 Å². The summed E-state index contributed by atoms with van der Waals surface area (Å²) in [7, 11) is -3.49. The van der Waals surface area contributed by atoms with Crippen LogP contribution in [-0.4, -0.2) is 20.1 Å². The lowest BCUT2D eigenvalue weighted by molar-refractivity contribution is -0.137. The molecule has 0 aromatic heterocycles. The molecule has 0 spiro atoms. The average molecular weight is 386 g/mol. The smallest absolute Gasteiger partial charge is 0.322 e. The van der Waals surface area contributed by atoms with E-state index in [1.807, 2.05) is 0 Å². The van der Waals surface area contributed by atoms with Gasteiger partial charge in [-0.1, -0.05) is 13.0 Å². The number of hydrogen-bond acceptors (Lipinski definition) is 3. The second-order valence-corrected chi connectivity index (χ2v) is 7.37. The zero-order chi connectivity index (χ0) is 19.4. The van der Waals surface area contributed by atoms with E-state index >= 15 is 0 Å². The summed E-state index contributed by atoms with van der Waals surface area (Å²) in [4.78, 5) is 12.2. The second kappa shape index (κ2) is 7.77. The lowest BCUT2D eigenvalue weighted by Gasteiger charge is -2.10. The Hall–Kier alpha value is -2.55. The van der Waals surface area contributed by atoms with Crippen molar-refractivity contribution < 1.29 is 26.4 Å². The first-order chi connectivity index (χ1) is 12.1. The zero-order valence-corrected chi connectivity index (χ0v) is 14.6. The van der Waals surface area contributed by atoms with Crippen molar-refractivity contribution in [2.24, 2.45) is 0 Å². The van der Waals surface area contributed by atoms with E-state index in [1.165, 1.54) is 24.3 Å². The summed E-state index contributed by atoms with van der Waals surface area (Å²) < 4.78 is 63.5. The van der Waals surface area contributed by atoms with Crippen LogP contribution in [0.15, 0.2) is 48.5 Å². The van der Waals surface area contributed by atoms with Gasteiger partial charge in [-0.15, -0.1) is 0 Å². The lowest BCUT2D eigenvalue weighted by atomic mass is 10.1. The Morgan fingerprint density at radius 3 is 2.27 bits per heavy atom. The molecule has 140 valence electrons. The summed E-state index contributed by atoms with van der Waals surface area (Å²) >= 11 is 0. The molecule has 0 aliphatic carbocycles. The third-order valence-electron chi connectivity index (χ3n) is 3.34. The Labute approximate surface area is 149 Å². The first kappa shape index (κ1) is 19.8. The van der Waals surface area contributed by atoms with E-state index in [-0.39, 0.29) is 22.7 Å². The molecule has 26 heavy (non-hydrogen) atoms. The first-order valence-electron chi connectivity index (χ1n) is 7.70. The van der Waals surface area contributed by atoms with Crippen LogP contribution in [0.3, 0.4) is 0 Å². The van der Waals surface area contributed by atoms with Crippen molar-refractivity contribution in [2.45, 2.75) is 19.5 Å². The van der Waals surface area contributed by atoms with E-state index in [0.717, 1.165) is 24.3 Å². The number of nitrogens with one attached hydrogen (secondary N) is 2. The predicted molar refractivity (Wildman–Crippen MR) is 93.5 cm³/mol. The van der Waals surface area contributed by atoms with Gasteiger partial charge < -0.3 is 5.32 Å². The first-order valence-corrected chi connectivity index (χ1v) is 9.35. The Balaban J connectivity index is 2.11. The molecule has 0 saturated carbocycles. The van der Waals surface area contributed by atoms with E-state index in [9.17, 15) is 26.4 Å². The van der Waals surface area contributed by atoms with Gasteiger partial charge in [0.25, 0.3) is 5.91 Å². The molecule has 2 rings (SSSR count). The molecule has 9 heteroatoms. The highest BCUT2D eigenvalue weighted by Gasteiger charge is 2.30. The van der Waals surface area contributed by atoms with Crippen LogP contribution in [0.1, 0.15) is 29.3 Å². The van der Waals surface area contributed by atoms with E-state index in [2.05, 4.69) is 10.0 Å². The number of halogens is 3. The molecule has 1 amide bonds. The quantitative estimate of drug-likeness (QED) is 0.785. The largest absolute Gasteiger partial charge is 0.416 e. The van der Waals surface area contributed by atoms with Crippen molar-refractivity contribution in [3.63, 3.8) is 0 Å². The Morgan fingerprint density at radius 2 is 1.69 bits per heavy atom. The standard InChI is InChI=1S/C17H17F3N2O3S/c1-2-10-26(24,25)22-15-5-3-4-12(11-15)16(23)21-14-8-6-13(7-9-14)17(18,19)20/h3-9,11,22H,2,10H2,1H3,(H,21,23). The minimum atomic E-state index is -4.45. The van der Waals surface area contributed by atoms with Gasteiger partial charge in [0.1, 0.15) is 0 Å². The number of amides is 1. The molecule has 2 aromatic carbocycles. The number of rotatable bonds is 6. The highest BCUT2D eigenvalue weighted by Crippen LogP contribution is 2.29. The van der Waals surface area contributed by atoms with Gasteiger partial charge in [-0.05, 0) is 48.9 Å². The van der Waals surface area contributed by atoms with Crippen molar-refractivity contribution >= 4 is 27.3 Å². The zero-order valence-electron chi connectivity index (χ0n) is 13.8. The van der Waals surface area contributed by atoms with E-state index in [1.54, 1.807) is 6.92 Å². The number of anilines is 2. The van der Waals surface area contributed by atoms with Gasteiger partial charge in [-0.25, -0.2) is 8.42 Å². The van der Waals surface area contributed by atoms with Gasteiger partial charge in [0.05, 0.1) is 11.3 Å². The summed E-state index contributed by atoms with van der Waals surface area (Å²) in [6.07, 6.45) is -4.00. The molecule has 0 heterocycles. The van der Waals surface area contributed by atoms with Crippen LogP contribution in [-0.2, 0) is 16.2 Å². The third-order valence-corrected chi connectivity index (χ3v) is 4.83. The summed E-state index contributed by atoms with van der Waals surface area (Å²) in [5.41, 5.74) is -0.220. The number of sulfonamides is 1. The summed E-state index contributed by atoms with van der Waals surface area (Å²) in [6.45, 7) is 1.73. The highest BCUT2D eigenvalue weighted by atomic mass is 32.2. The number of carbonyl (C=O) groups is 1. The van der Waals surface area contributed by atoms with Crippen molar-refractivity contribution in [3.05, 3.63) is 59.7 Å². The van der Waals surface area contributed by atoms with Gasteiger partial charge in [0.2, 0.25) is 10.0 Å². The Morgan fingerprint density at radius 1 is 1.04 bits per heavy atom. The highest BCUT2D eigenvalue weighted by molar-refractivity contribution is 7.92. The number of hydrogen-bond donors (Lipinski definition) is 2. The van der Waals surface area contributed by atoms with Crippen molar-refractivity contribution in [1.82, 2.24) is 0 Å². The molecule has 0 fully saturated rings. The van der Waals surface area contributed by atoms with Gasteiger partial charge in [-0.2, -0.15) is 13.2 Å². The molecule has 0 unspecified atom stereocenters. The molecular formula is C17H17F3N2O3S. The fraction of sp³-hybridized carbons (Fsp3) is 0.235. The summed E-state index contributed by atoms with van der Waals surface area (Å²) in [5.74, 6) is -0.615. The van der Waals surface area contributed by atoms with Gasteiger partial charge >= 0.3 is 6.18 Å². The predicted octanol–water partition coefficient (Wildman–Crippen LogP) is 4.11. The molecule has 0 aliphatic heterocycles. The molecule has 0 atom stereocenters. The summed E-state index contributed by atoms with van der Waals surface area (Å²) in [5, 5.41) is 2.47. The van der Waals surface area contributed by atoms with Gasteiger partial charge in [0.15, 0.2) is 0 Å². The van der Waals surface area contributed by atoms with Crippen LogP contribution >= 0.6 is 0 Å². The maximum absolute atomic E-state index is 12.5.